The van der Waals surface area contributed by atoms with E-state index >= 15 is 0 Å². The Morgan fingerprint density at radius 2 is 2.32 bits per heavy atom. The smallest absolute Gasteiger partial charge is 0.272 e. The zero-order chi connectivity index (χ0) is 15.5. The molecule has 0 atom stereocenters. The summed E-state index contributed by atoms with van der Waals surface area (Å²) in [7, 11) is 1.51. The van der Waals surface area contributed by atoms with E-state index in [2.05, 4.69) is 20.3 Å². The van der Waals surface area contributed by atoms with Crippen LogP contribution in [0.1, 0.15) is 15.5 Å². The van der Waals surface area contributed by atoms with Crippen molar-refractivity contribution in [3.8, 4) is 17.1 Å². The molecule has 0 saturated heterocycles. The van der Waals surface area contributed by atoms with Crippen molar-refractivity contribution in [1.82, 2.24) is 15.0 Å². The number of ether oxygens (including phenoxy) is 1. The quantitative estimate of drug-likeness (QED) is 0.775. The van der Waals surface area contributed by atoms with E-state index in [9.17, 15) is 4.79 Å². The second kappa shape index (κ2) is 5.98. The summed E-state index contributed by atoms with van der Waals surface area (Å²) in [6.07, 6.45) is 3.37. The van der Waals surface area contributed by atoms with Gasteiger partial charge in [-0.05, 0) is 25.1 Å². The second-order valence-corrected chi connectivity index (χ2v) is 5.63. The summed E-state index contributed by atoms with van der Waals surface area (Å²) in [6.45, 7) is 1.95. The van der Waals surface area contributed by atoms with Crippen molar-refractivity contribution >= 4 is 22.9 Å². The number of hydrogen-bond donors (Lipinski definition) is 2. The van der Waals surface area contributed by atoms with E-state index in [4.69, 9.17) is 4.74 Å². The van der Waals surface area contributed by atoms with Gasteiger partial charge in [-0.2, -0.15) is 0 Å². The maximum Gasteiger partial charge on any atom is 0.272 e. The van der Waals surface area contributed by atoms with E-state index in [1.54, 1.807) is 41.9 Å². The summed E-state index contributed by atoms with van der Waals surface area (Å²) in [5.74, 6) is 0.113. The van der Waals surface area contributed by atoms with Gasteiger partial charge in [0.1, 0.15) is 11.4 Å². The van der Waals surface area contributed by atoms with Crippen LogP contribution < -0.4 is 10.1 Å². The summed E-state index contributed by atoms with van der Waals surface area (Å²) in [4.78, 5) is 23.7. The molecule has 0 unspecified atom stereocenters. The Balaban J connectivity index is 1.80. The number of anilines is 1. The van der Waals surface area contributed by atoms with Crippen LogP contribution in [0, 0.1) is 6.92 Å². The van der Waals surface area contributed by atoms with Gasteiger partial charge in [-0.1, -0.05) is 0 Å². The summed E-state index contributed by atoms with van der Waals surface area (Å²) in [5, 5.41) is 5.72. The molecule has 6 nitrogen and oxygen atoms in total. The minimum absolute atomic E-state index is 0.260. The first kappa shape index (κ1) is 14.3. The molecule has 3 aromatic rings. The average molecular weight is 314 g/mol. The zero-order valence-corrected chi connectivity index (χ0v) is 12.9. The number of nitrogens with one attached hydrogen (secondary N) is 2. The number of methoxy groups -OCH3 is 1. The molecule has 0 radical (unpaired) electrons. The van der Waals surface area contributed by atoms with Crippen molar-refractivity contribution in [2.75, 3.05) is 12.4 Å². The first-order valence-corrected chi connectivity index (χ1v) is 7.46. The van der Waals surface area contributed by atoms with Gasteiger partial charge in [-0.3, -0.25) is 4.79 Å². The molecule has 0 aromatic carbocycles. The highest BCUT2D eigenvalue weighted by molar-refractivity contribution is 7.09. The lowest BCUT2D eigenvalue weighted by atomic mass is 10.2. The molecule has 3 heterocycles. The van der Waals surface area contributed by atoms with Crippen molar-refractivity contribution in [3.05, 3.63) is 46.7 Å². The van der Waals surface area contributed by atoms with Gasteiger partial charge in [0.15, 0.2) is 0 Å². The number of aromatic amines is 1. The van der Waals surface area contributed by atoms with Crippen molar-refractivity contribution < 1.29 is 9.53 Å². The molecule has 112 valence electrons. The molecule has 3 aromatic heterocycles. The first-order valence-electron chi connectivity index (χ1n) is 6.58. The summed E-state index contributed by atoms with van der Waals surface area (Å²) >= 11 is 1.57. The largest absolute Gasteiger partial charge is 0.480 e. The van der Waals surface area contributed by atoms with Gasteiger partial charge >= 0.3 is 0 Å². The van der Waals surface area contributed by atoms with Gasteiger partial charge in [0.25, 0.3) is 5.91 Å². The van der Waals surface area contributed by atoms with Gasteiger partial charge in [-0.15, -0.1) is 11.3 Å². The van der Waals surface area contributed by atoms with Gasteiger partial charge in [-0.25, -0.2) is 9.97 Å². The molecule has 7 heteroatoms. The van der Waals surface area contributed by atoms with Gasteiger partial charge < -0.3 is 15.0 Å². The van der Waals surface area contributed by atoms with Gasteiger partial charge in [0, 0.05) is 23.3 Å². The minimum atomic E-state index is -0.260. The van der Waals surface area contributed by atoms with E-state index in [1.807, 2.05) is 12.3 Å². The van der Waals surface area contributed by atoms with Crippen LogP contribution in [0.15, 0.2) is 36.0 Å². The predicted molar refractivity (Wildman–Crippen MR) is 85.4 cm³/mol. The Bertz CT molecular complexity index is 809. The molecule has 1 amide bonds. The molecule has 0 aliphatic heterocycles. The summed E-state index contributed by atoms with van der Waals surface area (Å²) < 4.78 is 5.11. The number of thiazole rings is 1. The topological polar surface area (TPSA) is 79.9 Å². The molecule has 22 heavy (non-hydrogen) atoms. The number of H-pyrrole nitrogens is 1. The van der Waals surface area contributed by atoms with E-state index in [0.29, 0.717) is 17.3 Å². The molecular weight excluding hydrogens is 300 g/mol. The third-order valence-corrected chi connectivity index (χ3v) is 3.83. The second-order valence-electron chi connectivity index (χ2n) is 4.57. The van der Waals surface area contributed by atoms with E-state index in [1.165, 1.54) is 7.11 Å². The number of aromatic nitrogens is 3. The number of rotatable bonds is 4. The third kappa shape index (κ3) is 2.84. The Hall–Kier alpha value is -2.67. The van der Waals surface area contributed by atoms with Crippen molar-refractivity contribution in [2.45, 2.75) is 6.92 Å². The Morgan fingerprint density at radius 1 is 1.45 bits per heavy atom. The van der Waals surface area contributed by atoms with E-state index < -0.39 is 0 Å². The lowest BCUT2D eigenvalue weighted by Crippen LogP contribution is -2.13. The minimum Gasteiger partial charge on any atom is -0.480 e. The molecule has 0 saturated carbocycles. The van der Waals surface area contributed by atoms with Crippen LogP contribution in [0.5, 0.6) is 5.88 Å². The van der Waals surface area contributed by atoms with Crippen molar-refractivity contribution in [3.63, 3.8) is 0 Å². The van der Waals surface area contributed by atoms with Crippen LogP contribution >= 0.6 is 11.3 Å². The maximum absolute atomic E-state index is 12.3. The fourth-order valence-electron chi connectivity index (χ4n) is 2.01. The lowest BCUT2D eigenvalue weighted by Gasteiger charge is -2.07. The molecule has 0 bridgehead atoms. The number of nitrogens with zero attached hydrogens (tertiary/aromatic N) is 2. The Kier molecular flexibility index (Phi) is 3.88. The maximum atomic E-state index is 12.3. The Morgan fingerprint density at radius 3 is 3.05 bits per heavy atom. The molecule has 2 N–H and O–H groups in total. The monoisotopic (exact) mass is 314 g/mol. The van der Waals surface area contributed by atoms with Gasteiger partial charge in [0.05, 0.1) is 17.8 Å². The van der Waals surface area contributed by atoms with Crippen LogP contribution in [0.2, 0.25) is 0 Å². The third-order valence-electron chi connectivity index (χ3n) is 3.06. The SMILES string of the molecule is COc1ncccc1NC(=O)c1cc(-c2csc(C)n2)c[nH]1. The number of hydrogen-bond acceptors (Lipinski definition) is 5. The number of amides is 1. The zero-order valence-electron chi connectivity index (χ0n) is 12.1. The summed E-state index contributed by atoms with van der Waals surface area (Å²) in [6, 6.07) is 5.24. The molecular formula is C15H14N4O2S. The molecule has 0 aliphatic rings. The molecule has 3 rings (SSSR count). The predicted octanol–water partition coefficient (Wildman–Crippen LogP) is 3.10. The first-order chi connectivity index (χ1) is 10.7. The number of carbonyl (C=O) groups is 1. The van der Waals surface area contributed by atoms with E-state index in [-0.39, 0.29) is 5.91 Å². The highest BCUT2D eigenvalue weighted by Crippen LogP contribution is 2.24. The lowest BCUT2D eigenvalue weighted by molar-refractivity contribution is 0.102. The van der Waals surface area contributed by atoms with Crippen LogP contribution in [-0.2, 0) is 0 Å². The standard InChI is InChI=1S/C15H14N4O2S/c1-9-18-13(8-22-9)10-6-12(17-7-10)14(20)19-11-4-3-5-16-15(11)21-2/h3-8,17H,1-2H3,(H,19,20). The Labute approximate surface area is 131 Å². The fraction of sp³-hybridized carbons (Fsp3) is 0.133. The van der Waals surface area contributed by atoms with Crippen LogP contribution in [-0.4, -0.2) is 28.0 Å². The van der Waals surface area contributed by atoms with Crippen molar-refractivity contribution in [2.24, 2.45) is 0 Å². The number of aryl methyl sites for hydroxylation is 1. The van der Waals surface area contributed by atoms with Crippen LogP contribution in [0.3, 0.4) is 0 Å². The van der Waals surface area contributed by atoms with Crippen LogP contribution in [0.4, 0.5) is 5.69 Å². The number of pyridine rings is 1. The highest BCUT2D eigenvalue weighted by atomic mass is 32.1. The molecule has 0 aliphatic carbocycles. The van der Waals surface area contributed by atoms with Crippen molar-refractivity contribution in [1.29, 1.82) is 0 Å². The van der Waals surface area contributed by atoms with Crippen LogP contribution in [0.25, 0.3) is 11.3 Å². The highest BCUT2D eigenvalue weighted by Gasteiger charge is 2.13. The normalized spacial score (nSPS) is 10.5. The summed E-state index contributed by atoms with van der Waals surface area (Å²) in [5.41, 5.74) is 2.71. The number of carbonyl (C=O) groups excluding carboxylic acids is 1. The van der Waals surface area contributed by atoms with Gasteiger partial charge in [0.2, 0.25) is 5.88 Å². The molecule has 0 spiro atoms. The molecule has 0 fully saturated rings. The fourth-order valence-corrected chi connectivity index (χ4v) is 2.63. The van der Waals surface area contributed by atoms with E-state index in [0.717, 1.165) is 16.3 Å². The average Bonchev–Trinajstić information content (AvgIpc) is 3.16.